The summed E-state index contributed by atoms with van der Waals surface area (Å²) in [4.78, 5) is 7.98. The minimum absolute atomic E-state index is 0.200. The summed E-state index contributed by atoms with van der Waals surface area (Å²) in [5.74, 6) is -0.200. The highest BCUT2D eigenvalue weighted by Crippen LogP contribution is 2.26. The lowest BCUT2D eigenvalue weighted by atomic mass is 10.2. The molecule has 0 amide bonds. The molecule has 0 unspecified atom stereocenters. The number of hydrogen-bond donors (Lipinski definition) is 1. The molecule has 0 aliphatic carbocycles. The van der Waals surface area contributed by atoms with Crippen molar-refractivity contribution in [1.29, 1.82) is 0 Å². The SMILES string of the molecule is CCNCc1sc(N(C)Cc2ccc(F)cc2)nc1C. The van der Waals surface area contributed by atoms with Crippen LogP contribution >= 0.6 is 11.3 Å². The van der Waals surface area contributed by atoms with Gasteiger partial charge in [0.25, 0.3) is 0 Å². The van der Waals surface area contributed by atoms with Crippen molar-refractivity contribution in [3.8, 4) is 0 Å². The Kier molecular flexibility index (Phi) is 5.09. The Balaban J connectivity index is 2.05. The van der Waals surface area contributed by atoms with E-state index in [9.17, 15) is 4.39 Å². The predicted octanol–water partition coefficient (Wildman–Crippen LogP) is 3.34. The van der Waals surface area contributed by atoms with E-state index in [-0.39, 0.29) is 5.82 Å². The number of aryl methyl sites for hydroxylation is 1. The second-order valence-electron chi connectivity index (χ2n) is 4.77. The fourth-order valence-electron chi connectivity index (χ4n) is 1.91. The lowest BCUT2D eigenvalue weighted by Crippen LogP contribution is -2.16. The molecule has 1 aromatic carbocycles. The zero-order chi connectivity index (χ0) is 14.5. The third-order valence-electron chi connectivity index (χ3n) is 3.08. The van der Waals surface area contributed by atoms with E-state index < -0.39 is 0 Å². The highest BCUT2D eigenvalue weighted by molar-refractivity contribution is 7.15. The first-order valence-electron chi connectivity index (χ1n) is 6.72. The van der Waals surface area contributed by atoms with E-state index in [1.54, 1.807) is 11.3 Å². The maximum atomic E-state index is 12.9. The van der Waals surface area contributed by atoms with Crippen molar-refractivity contribution in [1.82, 2.24) is 10.3 Å². The molecule has 0 aliphatic heterocycles. The lowest BCUT2D eigenvalue weighted by molar-refractivity contribution is 0.627. The van der Waals surface area contributed by atoms with Gasteiger partial charge in [-0.15, -0.1) is 11.3 Å². The van der Waals surface area contributed by atoms with Crippen LogP contribution in [0, 0.1) is 12.7 Å². The number of nitrogens with one attached hydrogen (secondary N) is 1. The molecule has 0 aliphatic rings. The average molecular weight is 293 g/mol. The van der Waals surface area contributed by atoms with Gasteiger partial charge < -0.3 is 10.2 Å². The Hall–Kier alpha value is -1.46. The van der Waals surface area contributed by atoms with Crippen molar-refractivity contribution in [3.63, 3.8) is 0 Å². The minimum Gasteiger partial charge on any atom is -0.347 e. The quantitative estimate of drug-likeness (QED) is 0.885. The van der Waals surface area contributed by atoms with E-state index in [0.717, 1.165) is 36.0 Å². The number of nitrogens with zero attached hydrogens (tertiary/aromatic N) is 2. The maximum Gasteiger partial charge on any atom is 0.185 e. The summed E-state index contributed by atoms with van der Waals surface area (Å²) in [5, 5.41) is 4.32. The summed E-state index contributed by atoms with van der Waals surface area (Å²) in [6.45, 7) is 6.69. The third kappa shape index (κ3) is 3.77. The number of benzene rings is 1. The van der Waals surface area contributed by atoms with Crippen molar-refractivity contribution in [2.24, 2.45) is 0 Å². The normalized spacial score (nSPS) is 10.8. The molecule has 108 valence electrons. The van der Waals surface area contributed by atoms with E-state index >= 15 is 0 Å². The summed E-state index contributed by atoms with van der Waals surface area (Å²) in [5.41, 5.74) is 2.16. The van der Waals surface area contributed by atoms with E-state index in [1.807, 2.05) is 26.1 Å². The van der Waals surface area contributed by atoms with Crippen molar-refractivity contribution in [2.75, 3.05) is 18.5 Å². The molecule has 1 heterocycles. The summed E-state index contributed by atoms with van der Waals surface area (Å²) >= 11 is 1.71. The van der Waals surface area contributed by atoms with Gasteiger partial charge >= 0.3 is 0 Å². The van der Waals surface area contributed by atoms with Gasteiger partial charge in [0.05, 0.1) is 5.69 Å². The fraction of sp³-hybridized carbons (Fsp3) is 0.400. The van der Waals surface area contributed by atoms with Crippen molar-refractivity contribution < 1.29 is 4.39 Å². The molecule has 2 rings (SSSR count). The molecular formula is C15H20FN3S. The monoisotopic (exact) mass is 293 g/mol. The largest absolute Gasteiger partial charge is 0.347 e. The van der Waals surface area contributed by atoms with Crippen LogP contribution in [0.2, 0.25) is 0 Å². The number of hydrogen-bond acceptors (Lipinski definition) is 4. The smallest absolute Gasteiger partial charge is 0.185 e. The number of rotatable bonds is 6. The van der Waals surface area contributed by atoms with Gasteiger partial charge in [0.1, 0.15) is 5.82 Å². The molecule has 0 spiro atoms. The minimum atomic E-state index is -0.200. The Bertz CT molecular complexity index is 551. The van der Waals surface area contributed by atoms with Crippen LogP contribution in [-0.2, 0) is 13.1 Å². The van der Waals surface area contributed by atoms with E-state index in [2.05, 4.69) is 22.1 Å². The number of thiazole rings is 1. The summed E-state index contributed by atoms with van der Waals surface area (Å²) in [6.07, 6.45) is 0. The molecule has 3 nitrogen and oxygen atoms in total. The number of anilines is 1. The topological polar surface area (TPSA) is 28.2 Å². The van der Waals surface area contributed by atoms with Crippen LogP contribution in [0.4, 0.5) is 9.52 Å². The van der Waals surface area contributed by atoms with Gasteiger partial charge in [0.15, 0.2) is 5.13 Å². The first kappa shape index (κ1) is 14.9. The van der Waals surface area contributed by atoms with Gasteiger partial charge in [0, 0.05) is 25.0 Å². The van der Waals surface area contributed by atoms with E-state index in [0.29, 0.717) is 0 Å². The first-order valence-corrected chi connectivity index (χ1v) is 7.54. The van der Waals surface area contributed by atoms with Crippen LogP contribution < -0.4 is 10.2 Å². The second-order valence-corrected chi connectivity index (χ2v) is 5.83. The molecular weight excluding hydrogens is 273 g/mol. The highest BCUT2D eigenvalue weighted by atomic mass is 32.1. The molecule has 2 aromatic rings. The van der Waals surface area contributed by atoms with Crippen molar-refractivity contribution >= 4 is 16.5 Å². The zero-order valence-electron chi connectivity index (χ0n) is 12.1. The molecule has 0 fully saturated rings. The highest BCUT2D eigenvalue weighted by Gasteiger charge is 2.11. The summed E-state index contributed by atoms with van der Waals surface area (Å²) < 4.78 is 12.9. The fourth-order valence-corrected chi connectivity index (χ4v) is 2.90. The number of aromatic nitrogens is 1. The van der Waals surface area contributed by atoms with Crippen molar-refractivity contribution in [2.45, 2.75) is 26.9 Å². The van der Waals surface area contributed by atoms with Gasteiger partial charge in [-0.25, -0.2) is 9.37 Å². The van der Waals surface area contributed by atoms with Crippen LogP contribution in [-0.4, -0.2) is 18.6 Å². The molecule has 1 aromatic heterocycles. The Morgan fingerprint density at radius 3 is 2.65 bits per heavy atom. The molecule has 20 heavy (non-hydrogen) atoms. The van der Waals surface area contributed by atoms with Crippen LogP contribution in [0.15, 0.2) is 24.3 Å². The second kappa shape index (κ2) is 6.81. The zero-order valence-corrected chi connectivity index (χ0v) is 12.9. The standard InChI is InChI=1S/C15H20FN3S/c1-4-17-9-14-11(2)18-15(20-14)19(3)10-12-5-7-13(16)8-6-12/h5-8,17H,4,9-10H2,1-3H3. The molecule has 0 saturated carbocycles. The summed E-state index contributed by atoms with van der Waals surface area (Å²) in [7, 11) is 2.01. The van der Waals surface area contributed by atoms with Gasteiger partial charge in [-0.1, -0.05) is 19.1 Å². The van der Waals surface area contributed by atoms with Gasteiger partial charge in [0.2, 0.25) is 0 Å². The van der Waals surface area contributed by atoms with Gasteiger partial charge in [-0.05, 0) is 31.2 Å². The van der Waals surface area contributed by atoms with Crippen LogP contribution in [0.5, 0.6) is 0 Å². The molecule has 5 heteroatoms. The molecule has 0 atom stereocenters. The maximum absolute atomic E-state index is 12.9. The lowest BCUT2D eigenvalue weighted by Gasteiger charge is -2.15. The van der Waals surface area contributed by atoms with Crippen molar-refractivity contribution in [3.05, 3.63) is 46.2 Å². The van der Waals surface area contributed by atoms with Gasteiger partial charge in [-0.3, -0.25) is 0 Å². The molecule has 0 saturated heterocycles. The average Bonchev–Trinajstić information content (AvgIpc) is 2.80. The molecule has 0 bridgehead atoms. The first-order chi connectivity index (χ1) is 9.60. The molecule has 0 radical (unpaired) electrons. The van der Waals surface area contributed by atoms with E-state index in [1.165, 1.54) is 17.0 Å². The van der Waals surface area contributed by atoms with Crippen LogP contribution in [0.3, 0.4) is 0 Å². The Labute approximate surface area is 123 Å². The Morgan fingerprint density at radius 1 is 1.30 bits per heavy atom. The van der Waals surface area contributed by atoms with Gasteiger partial charge in [-0.2, -0.15) is 0 Å². The third-order valence-corrected chi connectivity index (χ3v) is 4.35. The van der Waals surface area contributed by atoms with Crippen LogP contribution in [0.1, 0.15) is 23.1 Å². The number of halogens is 1. The van der Waals surface area contributed by atoms with Crippen LogP contribution in [0.25, 0.3) is 0 Å². The van der Waals surface area contributed by atoms with E-state index in [4.69, 9.17) is 0 Å². The Morgan fingerprint density at radius 2 is 2.00 bits per heavy atom. The molecule has 1 N–H and O–H groups in total. The predicted molar refractivity (Wildman–Crippen MR) is 82.7 cm³/mol. The summed E-state index contributed by atoms with van der Waals surface area (Å²) in [6, 6.07) is 6.61.